The van der Waals surface area contributed by atoms with Gasteiger partial charge in [0.15, 0.2) is 11.0 Å². The molecule has 0 bridgehead atoms. The van der Waals surface area contributed by atoms with Crippen LogP contribution in [0, 0.1) is 0 Å². The van der Waals surface area contributed by atoms with Gasteiger partial charge in [-0.15, -0.1) is 10.2 Å². The van der Waals surface area contributed by atoms with E-state index in [9.17, 15) is 0 Å². The van der Waals surface area contributed by atoms with Crippen molar-refractivity contribution in [2.75, 3.05) is 0 Å². The maximum absolute atomic E-state index is 6.02. The highest BCUT2D eigenvalue weighted by molar-refractivity contribution is 7.98. The van der Waals surface area contributed by atoms with E-state index in [4.69, 9.17) is 16.1 Å². The molecule has 0 unspecified atom stereocenters. The maximum Gasteiger partial charge on any atom is 0.237 e. The van der Waals surface area contributed by atoms with Crippen molar-refractivity contribution in [1.29, 1.82) is 0 Å². The van der Waals surface area contributed by atoms with Gasteiger partial charge in [0, 0.05) is 23.3 Å². The normalized spacial score (nSPS) is 11.0. The van der Waals surface area contributed by atoms with Crippen LogP contribution in [-0.2, 0) is 12.3 Å². The zero-order valence-electron chi connectivity index (χ0n) is 14.4. The second-order valence-electron chi connectivity index (χ2n) is 5.58. The minimum absolute atomic E-state index is 0.494. The lowest BCUT2D eigenvalue weighted by molar-refractivity contribution is 0.391. The number of nitrogens with zero attached hydrogens (tertiary/aromatic N) is 6. The Hall–Kier alpha value is -2.71. The fraction of sp³-hybridized carbons (Fsp3) is 0.167. The van der Waals surface area contributed by atoms with Gasteiger partial charge >= 0.3 is 0 Å². The highest BCUT2D eigenvalue weighted by Gasteiger charge is 2.16. The Kier molecular flexibility index (Phi) is 5.17. The molecule has 1 aromatic carbocycles. The molecule has 0 radical (unpaired) electrons. The number of benzene rings is 1. The predicted octanol–water partition coefficient (Wildman–Crippen LogP) is 4.36. The number of hydrogen-bond donors (Lipinski definition) is 0. The summed E-state index contributed by atoms with van der Waals surface area (Å²) in [6, 6.07) is 13.1. The van der Waals surface area contributed by atoms with Gasteiger partial charge in [0.05, 0.1) is 5.75 Å². The molecule has 0 N–H and O–H groups in total. The molecule has 136 valence electrons. The standard InChI is InChI=1S/C18H15ClN6OS/c1-2-25-17(14-8-3-4-9-20-14)22-23-18(25)27-11-15-21-16(24-26-15)12-6-5-7-13(19)10-12/h3-10H,2,11H2,1H3. The first-order valence-electron chi connectivity index (χ1n) is 8.30. The van der Waals surface area contributed by atoms with E-state index >= 15 is 0 Å². The zero-order valence-corrected chi connectivity index (χ0v) is 16.0. The van der Waals surface area contributed by atoms with Gasteiger partial charge in [0.25, 0.3) is 0 Å². The zero-order chi connectivity index (χ0) is 18.6. The molecule has 0 atom stereocenters. The van der Waals surface area contributed by atoms with Gasteiger partial charge < -0.3 is 9.09 Å². The molecule has 4 rings (SSSR count). The average Bonchev–Trinajstić information content (AvgIpc) is 3.34. The maximum atomic E-state index is 6.02. The van der Waals surface area contributed by atoms with Crippen LogP contribution in [-0.4, -0.2) is 29.9 Å². The molecule has 0 saturated carbocycles. The van der Waals surface area contributed by atoms with E-state index in [1.807, 2.05) is 41.8 Å². The smallest absolute Gasteiger partial charge is 0.237 e. The van der Waals surface area contributed by atoms with Crippen molar-refractivity contribution < 1.29 is 4.52 Å². The summed E-state index contributed by atoms with van der Waals surface area (Å²) in [5.74, 6) is 2.26. The highest BCUT2D eigenvalue weighted by Crippen LogP contribution is 2.26. The van der Waals surface area contributed by atoms with Crippen LogP contribution < -0.4 is 0 Å². The summed E-state index contributed by atoms with van der Waals surface area (Å²) >= 11 is 7.51. The van der Waals surface area contributed by atoms with Gasteiger partial charge in [0.2, 0.25) is 11.7 Å². The van der Waals surface area contributed by atoms with E-state index in [2.05, 4.69) is 25.3 Å². The molecular weight excluding hydrogens is 384 g/mol. The molecule has 0 spiro atoms. The summed E-state index contributed by atoms with van der Waals surface area (Å²) in [5, 5.41) is 14.0. The van der Waals surface area contributed by atoms with Gasteiger partial charge in [-0.05, 0) is 31.2 Å². The molecule has 4 aromatic rings. The van der Waals surface area contributed by atoms with E-state index in [1.54, 1.807) is 18.3 Å². The molecule has 7 nitrogen and oxygen atoms in total. The van der Waals surface area contributed by atoms with Crippen LogP contribution in [0.15, 0.2) is 58.3 Å². The summed E-state index contributed by atoms with van der Waals surface area (Å²) in [5.41, 5.74) is 1.61. The molecule has 0 aliphatic carbocycles. The number of halogens is 1. The molecule has 9 heteroatoms. The van der Waals surface area contributed by atoms with Crippen LogP contribution in [0.4, 0.5) is 0 Å². The van der Waals surface area contributed by atoms with Crippen molar-refractivity contribution in [2.45, 2.75) is 24.4 Å². The summed E-state index contributed by atoms with van der Waals surface area (Å²) in [4.78, 5) is 8.78. The molecular formula is C18H15ClN6OS. The van der Waals surface area contributed by atoms with Crippen LogP contribution in [0.1, 0.15) is 12.8 Å². The Morgan fingerprint density at radius 3 is 2.85 bits per heavy atom. The van der Waals surface area contributed by atoms with Gasteiger partial charge in [-0.25, -0.2) is 0 Å². The third-order valence-corrected chi connectivity index (χ3v) is 4.99. The Morgan fingerprint density at radius 2 is 2.07 bits per heavy atom. The lowest BCUT2D eigenvalue weighted by atomic mass is 10.2. The number of aromatic nitrogens is 6. The van der Waals surface area contributed by atoms with Crippen LogP contribution in [0.2, 0.25) is 5.02 Å². The van der Waals surface area contributed by atoms with Crippen molar-refractivity contribution in [3.8, 4) is 22.9 Å². The molecule has 3 aromatic heterocycles. The second-order valence-corrected chi connectivity index (χ2v) is 6.96. The molecule has 0 amide bonds. The quantitative estimate of drug-likeness (QED) is 0.446. The first-order chi connectivity index (χ1) is 13.2. The van der Waals surface area contributed by atoms with Crippen molar-refractivity contribution in [3.05, 3.63) is 59.6 Å². The first kappa shape index (κ1) is 17.7. The Balaban J connectivity index is 1.51. The number of rotatable bonds is 6. The molecule has 0 aliphatic heterocycles. The monoisotopic (exact) mass is 398 g/mol. The van der Waals surface area contributed by atoms with Crippen molar-refractivity contribution >= 4 is 23.4 Å². The Bertz CT molecular complexity index is 1050. The van der Waals surface area contributed by atoms with Crippen LogP contribution >= 0.6 is 23.4 Å². The average molecular weight is 399 g/mol. The topological polar surface area (TPSA) is 82.5 Å². The van der Waals surface area contributed by atoms with Gasteiger partial charge in [-0.3, -0.25) is 4.98 Å². The van der Waals surface area contributed by atoms with Crippen LogP contribution in [0.5, 0.6) is 0 Å². The predicted molar refractivity (Wildman–Crippen MR) is 103 cm³/mol. The molecule has 27 heavy (non-hydrogen) atoms. The minimum atomic E-state index is 0.494. The minimum Gasteiger partial charge on any atom is -0.338 e. The Morgan fingerprint density at radius 1 is 1.15 bits per heavy atom. The second kappa shape index (κ2) is 7.89. The lowest BCUT2D eigenvalue weighted by Gasteiger charge is -2.05. The summed E-state index contributed by atoms with van der Waals surface area (Å²) in [6.45, 7) is 2.78. The number of hydrogen-bond acceptors (Lipinski definition) is 7. The van der Waals surface area contributed by atoms with E-state index in [0.717, 1.165) is 28.8 Å². The molecule has 3 heterocycles. The van der Waals surface area contributed by atoms with Crippen molar-refractivity contribution in [3.63, 3.8) is 0 Å². The number of pyridine rings is 1. The SMILES string of the molecule is CCn1c(SCc2nc(-c3cccc(Cl)c3)no2)nnc1-c1ccccn1. The molecule has 0 saturated heterocycles. The lowest BCUT2D eigenvalue weighted by Crippen LogP contribution is -2.00. The summed E-state index contributed by atoms with van der Waals surface area (Å²) < 4.78 is 7.37. The third kappa shape index (κ3) is 3.86. The van der Waals surface area contributed by atoms with Crippen molar-refractivity contribution in [2.24, 2.45) is 0 Å². The van der Waals surface area contributed by atoms with E-state index < -0.39 is 0 Å². The summed E-state index contributed by atoms with van der Waals surface area (Å²) in [6.07, 6.45) is 1.74. The molecule has 0 aliphatic rings. The first-order valence-corrected chi connectivity index (χ1v) is 9.67. The highest BCUT2D eigenvalue weighted by atomic mass is 35.5. The Labute approximate surface area is 164 Å². The molecule has 0 fully saturated rings. The fourth-order valence-corrected chi connectivity index (χ4v) is 3.58. The van der Waals surface area contributed by atoms with E-state index in [0.29, 0.717) is 22.5 Å². The van der Waals surface area contributed by atoms with E-state index in [1.165, 1.54) is 11.8 Å². The largest absolute Gasteiger partial charge is 0.338 e. The van der Waals surface area contributed by atoms with E-state index in [-0.39, 0.29) is 0 Å². The third-order valence-electron chi connectivity index (χ3n) is 3.80. The number of thioether (sulfide) groups is 1. The van der Waals surface area contributed by atoms with Crippen LogP contribution in [0.3, 0.4) is 0 Å². The fourth-order valence-electron chi connectivity index (χ4n) is 2.55. The van der Waals surface area contributed by atoms with Crippen molar-refractivity contribution in [1.82, 2.24) is 29.9 Å². The summed E-state index contributed by atoms with van der Waals surface area (Å²) in [7, 11) is 0. The van der Waals surface area contributed by atoms with Gasteiger partial charge in [-0.2, -0.15) is 4.98 Å². The van der Waals surface area contributed by atoms with Crippen LogP contribution in [0.25, 0.3) is 22.9 Å². The van der Waals surface area contributed by atoms with Gasteiger partial charge in [0.1, 0.15) is 5.69 Å². The van der Waals surface area contributed by atoms with Gasteiger partial charge in [-0.1, -0.05) is 46.7 Å².